The van der Waals surface area contributed by atoms with E-state index in [1.165, 1.54) is 11.1 Å². The molecular weight excluding hydrogens is 210 g/mol. The number of hydrogen-bond donors (Lipinski definition) is 2. The lowest BCUT2D eigenvalue weighted by Crippen LogP contribution is -2.26. The number of aliphatic hydroxyl groups excluding tert-OH is 1. The third kappa shape index (κ3) is 3.01. The summed E-state index contributed by atoms with van der Waals surface area (Å²) in [5.74, 6) is 0.432. The average Bonchev–Trinajstić information content (AvgIpc) is 2.16. The van der Waals surface area contributed by atoms with Gasteiger partial charge in [0.15, 0.2) is 0 Å². The fraction of sp³-hybridized carbons (Fsp3) is 0.600. The first-order chi connectivity index (χ1) is 7.85. The lowest BCUT2D eigenvalue weighted by Gasteiger charge is -2.29. The number of fused-ring (bicyclic) bond motifs is 1. The molecule has 0 amide bonds. The van der Waals surface area contributed by atoms with Crippen LogP contribution in [0.15, 0.2) is 18.2 Å². The quantitative estimate of drug-likeness (QED) is 0.778. The van der Waals surface area contributed by atoms with E-state index in [0.29, 0.717) is 11.3 Å². The maximum absolute atomic E-state index is 9.67. The Balaban J connectivity index is 2.27. The Morgan fingerprint density at radius 3 is 2.71 bits per heavy atom. The first-order valence-electron chi connectivity index (χ1n) is 6.42. The Bertz CT molecular complexity index is 406. The van der Waals surface area contributed by atoms with E-state index in [0.717, 1.165) is 18.5 Å². The second kappa shape index (κ2) is 4.34. The molecule has 17 heavy (non-hydrogen) atoms. The molecule has 2 atom stereocenters. The molecule has 1 aromatic carbocycles. The van der Waals surface area contributed by atoms with Gasteiger partial charge in [0.05, 0.1) is 0 Å². The molecule has 1 aliphatic rings. The van der Waals surface area contributed by atoms with E-state index in [2.05, 4.69) is 51.2 Å². The standard InChI is InChI=1S/C15H23NO/c1-10-7-14(17)16-13-6-5-11(8-12(10)13)9-15(2,3)4/h5-6,8,10,14,16-17H,7,9H2,1-4H3. The highest BCUT2D eigenvalue weighted by Gasteiger charge is 2.22. The van der Waals surface area contributed by atoms with Crippen LogP contribution in [0.4, 0.5) is 5.69 Å². The van der Waals surface area contributed by atoms with Crippen LogP contribution in [-0.4, -0.2) is 11.3 Å². The monoisotopic (exact) mass is 233 g/mol. The van der Waals surface area contributed by atoms with Gasteiger partial charge in [-0.2, -0.15) is 0 Å². The summed E-state index contributed by atoms with van der Waals surface area (Å²) < 4.78 is 0. The minimum atomic E-state index is -0.397. The van der Waals surface area contributed by atoms with E-state index in [-0.39, 0.29) is 0 Å². The van der Waals surface area contributed by atoms with Gasteiger partial charge in [0, 0.05) is 5.69 Å². The fourth-order valence-electron chi connectivity index (χ4n) is 2.57. The van der Waals surface area contributed by atoms with E-state index in [1.54, 1.807) is 0 Å². The van der Waals surface area contributed by atoms with Gasteiger partial charge in [-0.25, -0.2) is 0 Å². The first kappa shape index (κ1) is 12.4. The topological polar surface area (TPSA) is 32.3 Å². The van der Waals surface area contributed by atoms with Crippen LogP contribution in [0.25, 0.3) is 0 Å². The predicted molar refractivity (Wildman–Crippen MR) is 72.3 cm³/mol. The van der Waals surface area contributed by atoms with Gasteiger partial charge in [0.25, 0.3) is 0 Å². The summed E-state index contributed by atoms with van der Waals surface area (Å²) in [5.41, 5.74) is 4.14. The van der Waals surface area contributed by atoms with Crippen LogP contribution in [0.2, 0.25) is 0 Å². The zero-order valence-electron chi connectivity index (χ0n) is 11.2. The lowest BCUT2D eigenvalue weighted by atomic mass is 9.84. The number of hydrogen-bond acceptors (Lipinski definition) is 2. The van der Waals surface area contributed by atoms with Crippen molar-refractivity contribution in [1.82, 2.24) is 0 Å². The summed E-state index contributed by atoms with van der Waals surface area (Å²) >= 11 is 0. The highest BCUT2D eigenvalue weighted by atomic mass is 16.3. The van der Waals surface area contributed by atoms with Crippen molar-refractivity contribution in [3.05, 3.63) is 29.3 Å². The van der Waals surface area contributed by atoms with Crippen LogP contribution >= 0.6 is 0 Å². The third-order valence-corrected chi connectivity index (χ3v) is 3.28. The van der Waals surface area contributed by atoms with Crippen molar-refractivity contribution < 1.29 is 5.11 Å². The minimum Gasteiger partial charge on any atom is -0.374 e. The maximum atomic E-state index is 9.67. The van der Waals surface area contributed by atoms with Crippen molar-refractivity contribution in [1.29, 1.82) is 0 Å². The van der Waals surface area contributed by atoms with Crippen molar-refractivity contribution >= 4 is 5.69 Å². The summed E-state index contributed by atoms with van der Waals surface area (Å²) in [6.07, 6.45) is 1.49. The molecule has 0 aliphatic carbocycles. The molecule has 2 unspecified atom stereocenters. The molecule has 0 saturated carbocycles. The summed E-state index contributed by atoms with van der Waals surface area (Å²) in [6.45, 7) is 8.97. The smallest absolute Gasteiger partial charge is 0.125 e. The normalized spacial score (nSPS) is 24.1. The molecule has 2 nitrogen and oxygen atoms in total. The molecule has 94 valence electrons. The fourth-order valence-corrected chi connectivity index (χ4v) is 2.57. The van der Waals surface area contributed by atoms with E-state index >= 15 is 0 Å². The third-order valence-electron chi connectivity index (χ3n) is 3.28. The zero-order chi connectivity index (χ0) is 12.6. The zero-order valence-corrected chi connectivity index (χ0v) is 11.2. The van der Waals surface area contributed by atoms with E-state index in [9.17, 15) is 5.11 Å². The number of nitrogens with one attached hydrogen (secondary N) is 1. The molecule has 2 rings (SSSR count). The molecule has 0 fully saturated rings. The van der Waals surface area contributed by atoms with Gasteiger partial charge in [0.1, 0.15) is 6.23 Å². The Labute approximate surface area is 104 Å². The van der Waals surface area contributed by atoms with Gasteiger partial charge in [0.2, 0.25) is 0 Å². The summed E-state index contributed by atoms with van der Waals surface area (Å²) in [7, 11) is 0. The van der Waals surface area contributed by atoms with Crippen molar-refractivity contribution in [2.24, 2.45) is 5.41 Å². The minimum absolute atomic E-state index is 0.319. The molecule has 1 heterocycles. The summed E-state index contributed by atoms with van der Waals surface area (Å²) in [5, 5.41) is 12.8. The largest absolute Gasteiger partial charge is 0.374 e. The highest BCUT2D eigenvalue weighted by molar-refractivity contribution is 5.56. The maximum Gasteiger partial charge on any atom is 0.125 e. The Morgan fingerprint density at radius 2 is 2.06 bits per heavy atom. The van der Waals surface area contributed by atoms with Crippen molar-refractivity contribution in [3.63, 3.8) is 0 Å². The molecular formula is C15H23NO. The number of aliphatic hydroxyl groups is 1. The molecule has 1 aromatic rings. The van der Waals surface area contributed by atoms with Crippen LogP contribution in [0, 0.1) is 5.41 Å². The van der Waals surface area contributed by atoms with Gasteiger partial charge >= 0.3 is 0 Å². The SMILES string of the molecule is CC1CC(O)Nc2ccc(CC(C)(C)C)cc21. The Morgan fingerprint density at radius 1 is 1.35 bits per heavy atom. The second-order valence-electron chi connectivity index (χ2n) is 6.46. The van der Waals surface area contributed by atoms with E-state index in [1.807, 2.05) is 0 Å². The van der Waals surface area contributed by atoms with Crippen LogP contribution in [0.3, 0.4) is 0 Å². The molecule has 2 N–H and O–H groups in total. The Hall–Kier alpha value is -1.02. The van der Waals surface area contributed by atoms with Gasteiger partial charge in [-0.3, -0.25) is 0 Å². The highest BCUT2D eigenvalue weighted by Crippen LogP contribution is 2.35. The summed E-state index contributed by atoms with van der Waals surface area (Å²) in [4.78, 5) is 0. The number of anilines is 1. The van der Waals surface area contributed by atoms with E-state index in [4.69, 9.17) is 0 Å². The van der Waals surface area contributed by atoms with E-state index < -0.39 is 6.23 Å². The molecule has 0 spiro atoms. The predicted octanol–water partition coefficient (Wildman–Crippen LogP) is 3.51. The van der Waals surface area contributed by atoms with Gasteiger partial charge < -0.3 is 10.4 Å². The van der Waals surface area contributed by atoms with Gasteiger partial charge in [-0.05, 0) is 41.4 Å². The lowest BCUT2D eigenvalue weighted by molar-refractivity contribution is 0.179. The molecule has 2 heteroatoms. The van der Waals surface area contributed by atoms with Gasteiger partial charge in [-0.15, -0.1) is 0 Å². The molecule has 0 saturated heterocycles. The summed E-state index contributed by atoms with van der Waals surface area (Å²) in [6, 6.07) is 6.57. The van der Waals surface area contributed by atoms with Crippen LogP contribution in [0.5, 0.6) is 0 Å². The van der Waals surface area contributed by atoms with Crippen LogP contribution < -0.4 is 5.32 Å². The molecule has 0 radical (unpaired) electrons. The van der Waals surface area contributed by atoms with Crippen molar-refractivity contribution in [2.45, 2.75) is 52.7 Å². The first-order valence-corrected chi connectivity index (χ1v) is 6.42. The molecule has 0 bridgehead atoms. The van der Waals surface area contributed by atoms with Crippen LogP contribution in [-0.2, 0) is 6.42 Å². The van der Waals surface area contributed by atoms with Crippen LogP contribution in [0.1, 0.15) is 51.2 Å². The van der Waals surface area contributed by atoms with Crippen molar-refractivity contribution in [3.8, 4) is 0 Å². The van der Waals surface area contributed by atoms with Crippen molar-refractivity contribution in [2.75, 3.05) is 5.32 Å². The number of rotatable bonds is 1. The molecule has 0 aromatic heterocycles. The van der Waals surface area contributed by atoms with Gasteiger partial charge in [-0.1, -0.05) is 39.8 Å². The number of benzene rings is 1. The second-order valence-corrected chi connectivity index (χ2v) is 6.46. The Kier molecular flexibility index (Phi) is 3.17. The molecule has 1 aliphatic heterocycles. The average molecular weight is 233 g/mol.